The first kappa shape index (κ1) is 19.6. The second kappa shape index (κ2) is 9.20. The molecule has 0 saturated heterocycles. The van der Waals surface area contributed by atoms with E-state index in [1.54, 1.807) is 6.92 Å². The van der Waals surface area contributed by atoms with Crippen LogP contribution in [0, 0.1) is 5.92 Å². The number of alkyl carbamates (subject to hydrolysis) is 1. The van der Waals surface area contributed by atoms with Gasteiger partial charge in [0.25, 0.3) is 0 Å². The molecule has 0 rings (SSSR count). The van der Waals surface area contributed by atoms with Gasteiger partial charge in [0.2, 0.25) is 0 Å². The van der Waals surface area contributed by atoms with Gasteiger partial charge < -0.3 is 15.8 Å². The van der Waals surface area contributed by atoms with Crippen molar-refractivity contribution >= 4 is 6.09 Å². The van der Waals surface area contributed by atoms with E-state index in [1.807, 2.05) is 34.6 Å². The van der Waals surface area contributed by atoms with E-state index in [0.717, 1.165) is 6.42 Å². The predicted octanol–water partition coefficient (Wildman–Crippen LogP) is 3.30. The first-order chi connectivity index (χ1) is 8.14. The molecule has 0 spiro atoms. The molecular formula is C14H32N2O2. The lowest BCUT2D eigenvalue weighted by Crippen LogP contribution is -2.46. The van der Waals surface area contributed by atoms with Crippen molar-refractivity contribution in [2.45, 2.75) is 79.5 Å². The summed E-state index contributed by atoms with van der Waals surface area (Å²) < 4.78 is 5.15. The molecule has 2 atom stereocenters. The van der Waals surface area contributed by atoms with Gasteiger partial charge in [0.1, 0.15) is 6.10 Å². The van der Waals surface area contributed by atoms with Gasteiger partial charge in [-0.25, -0.2) is 4.79 Å². The van der Waals surface area contributed by atoms with E-state index in [1.165, 1.54) is 0 Å². The molecule has 0 aromatic heterocycles. The SMILES string of the molecule is CC.CC(C)CC(C)(C)NC(=O)OC(C)C(C)N. The molecule has 0 fully saturated rings. The fraction of sp³-hybridized carbons (Fsp3) is 0.929. The van der Waals surface area contributed by atoms with Crippen molar-refractivity contribution in [1.82, 2.24) is 5.32 Å². The number of hydrogen-bond donors (Lipinski definition) is 2. The molecule has 4 heteroatoms. The molecule has 110 valence electrons. The number of hydrogen-bond acceptors (Lipinski definition) is 3. The second-order valence-corrected chi connectivity index (χ2v) is 5.58. The highest BCUT2D eigenvalue weighted by Gasteiger charge is 2.23. The third-order valence-electron chi connectivity index (χ3n) is 2.39. The molecular weight excluding hydrogens is 228 g/mol. The fourth-order valence-electron chi connectivity index (χ4n) is 1.65. The molecule has 0 heterocycles. The minimum Gasteiger partial charge on any atom is -0.445 e. The number of rotatable bonds is 5. The van der Waals surface area contributed by atoms with E-state index in [0.29, 0.717) is 5.92 Å². The van der Waals surface area contributed by atoms with E-state index < -0.39 is 6.09 Å². The van der Waals surface area contributed by atoms with E-state index >= 15 is 0 Å². The largest absolute Gasteiger partial charge is 0.445 e. The zero-order valence-electron chi connectivity index (χ0n) is 13.3. The van der Waals surface area contributed by atoms with Crippen molar-refractivity contribution in [2.24, 2.45) is 11.7 Å². The Morgan fingerprint density at radius 2 is 1.67 bits per heavy atom. The number of ether oxygens (including phenoxy) is 1. The van der Waals surface area contributed by atoms with Crippen molar-refractivity contribution in [3.8, 4) is 0 Å². The van der Waals surface area contributed by atoms with Gasteiger partial charge in [0.05, 0.1) is 0 Å². The van der Waals surface area contributed by atoms with Crippen LogP contribution in [0.15, 0.2) is 0 Å². The number of carbonyl (C=O) groups excluding carboxylic acids is 1. The third kappa shape index (κ3) is 10.4. The molecule has 1 amide bonds. The first-order valence-electron chi connectivity index (χ1n) is 6.88. The third-order valence-corrected chi connectivity index (χ3v) is 2.39. The topological polar surface area (TPSA) is 64.3 Å². The first-order valence-corrected chi connectivity index (χ1v) is 6.88. The number of amides is 1. The maximum absolute atomic E-state index is 11.6. The van der Waals surface area contributed by atoms with Gasteiger partial charge in [-0.3, -0.25) is 0 Å². The second-order valence-electron chi connectivity index (χ2n) is 5.58. The molecule has 4 nitrogen and oxygen atoms in total. The van der Waals surface area contributed by atoms with Crippen LogP contribution in [-0.4, -0.2) is 23.8 Å². The summed E-state index contributed by atoms with van der Waals surface area (Å²) in [5.41, 5.74) is 5.38. The summed E-state index contributed by atoms with van der Waals surface area (Å²) in [6.07, 6.45) is 0.250. The van der Waals surface area contributed by atoms with Crippen LogP contribution in [0.4, 0.5) is 4.79 Å². The van der Waals surface area contributed by atoms with Crippen LogP contribution in [0.25, 0.3) is 0 Å². The summed E-state index contributed by atoms with van der Waals surface area (Å²) in [7, 11) is 0. The van der Waals surface area contributed by atoms with Crippen LogP contribution < -0.4 is 11.1 Å². The fourth-order valence-corrected chi connectivity index (χ4v) is 1.65. The Kier molecular flexibility index (Phi) is 10.00. The predicted molar refractivity (Wildman–Crippen MR) is 77.6 cm³/mol. The minimum absolute atomic E-state index is 0.154. The van der Waals surface area contributed by atoms with Gasteiger partial charge in [-0.2, -0.15) is 0 Å². The molecule has 0 aliphatic heterocycles. The van der Waals surface area contributed by atoms with Crippen LogP contribution in [0.3, 0.4) is 0 Å². The Bertz CT molecular complexity index is 226. The summed E-state index contributed by atoms with van der Waals surface area (Å²) in [4.78, 5) is 11.6. The smallest absolute Gasteiger partial charge is 0.407 e. The number of nitrogens with two attached hydrogens (primary N) is 1. The Balaban J connectivity index is 0. The number of carbonyl (C=O) groups is 1. The standard InChI is InChI=1S/C12H26N2O2.C2H6/c1-8(2)7-12(5,6)14-11(15)16-10(4)9(3)13;1-2/h8-10H,7,13H2,1-6H3,(H,14,15);1-2H3. The molecule has 18 heavy (non-hydrogen) atoms. The summed E-state index contributed by atoms with van der Waals surface area (Å²) in [6.45, 7) is 15.8. The minimum atomic E-state index is -0.393. The van der Waals surface area contributed by atoms with E-state index in [2.05, 4.69) is 19.2 Å². The lowest BCUT2D eigenvalue weighted by molar-refractivity contribution is 0.0867. The Labute approximate surface area is 113 Å². The van der Waals surface area contributed by atoms with Crippen LogP contribution in [0.1, 0.15) is 61.8 Å². The molecule has 0 saturated carbocycles. The molecule has 0 aromatic carbocycles. The van der Waals surface area contributed by atoms with Crippen LogP contribution in [-0.2, 0) is 4.74 Å². The maximum Gasteiger partial charge on any atom is 0.407 e. The van der Waals surface area contributed by atoms with E-state index in [-0.39, 0.29) is 17.7 Å². The monoisotopic (exact) mass is 260 g/mol. The highest BCUT2D eigenvalue weighted by Crippen LogP contribution is 2.15. The van der Waals surface area contributed by atoms with Gasteiger partial charge in [0.15, 0.2) is 0 Å². The quantitative estimate of drug-likeness (QED) is 0.797. The van der Waals surface area contributed by atoms with E-state index in [9.17, 15) is 4.79 Å². The number of nitrogens with one attached hydrogen (secondary N) is 1. The Morgan fingerprint density at radius 3 is 2.00 bits per heavy atom. The highest BCUT2D eigenvalue weighted by molar-refractivity contribution is 5.68. The van der Waals surface area contributed by atoms with Gasteiger partial charge >= 0.3 is 6.09 Å². The maximum atomic E-state index is 11.6. The van der Waals surface area contributed by atoms with Gasteiger partial charge in [-0.05, 0) is 40.0 Å². The summed E-state index contributed by atoms with van der Waals surface area (Å²) in [5.74, 6) is 0.529. The molecule has 3 N–H and O–H groups in total. The average Bonchev–Trinajstić information content (AvgIpc) is 2.16. The molecule has 0 aliphatic carbocycles. The zero-order chi connectivity index (χ0) is 14.9. The van der Waals surface area contributed by atoms with Crippen LogP contribution in [0.2, 0.25) is 0 Å². The van der Waals surface area contributed by atoms with Crippen molar-refractivity contribution < 1.29 is 9.53 Å². The van der Waals surface area contributed by atoms with Crippen molar-refractivity contribution in [2.75, 3.05) is 0 Å². The van der Waals surface area contributed by atoms with E-state index in [4.69, 9.17) is 10.5 Å². The lowest BCUT2D eigenvalue weighted by Gasteiger charge is -2.28. The van der Waals surface area contributed by atoms with Gasteiger partial charge in [-0.1, -0.05) is 27.7 Å². The highest BCUT2D eigenvalue weighted by atomic mass is 16.6. The van der Waals surface area contributed by atoms with Gasteiger partial charge in [-0.15, -0.1) is 0 Å². The molecule has 0 bridgehead atoms. The average molecular weight is 260 g/mol. The van der Waals surface area contributed by atoms with Crippen LogP contribution in [0.5, 0.6) is 0 Å². The molecule has 2 unspecified atom stereocenters. The summed E-state index contributed by atoms with van der Waals surface area (Å²) in [5, 5.41) is 2.86. The summed E-state index contributed by atoms with van der Waals surface area (Å²) in [6, 6.07) is -0.154. The van der Waals surface area contributed by atoms with Crippen molar-refractivity contribution in [1.29, 1.82) is 0 Å². The van der Waals surface area contributed by atoms with Crippen LogP contribution >= 0.6 is 0 Å². The Hall–Kier alpha value is -0.770. The molecule has 0 aliphatic rings. The normalized spacial score (nSPS) is 14.3. The van der Waals surface area contributed by atoms with Crippen molar-refractivity contribution in [3.63, 3.8) is 0 Å². The Morgan fingerprint density at radius 1 is 1.22 bits per heavy atom. The molecule has 0 aromatic rings. The zero-order valence-corrected chi connectivity index (χ0v) is 13.3. The van der Waals surface area contributed by atoms with Crippen molar-refractivity contribution in [3.05, 3.63) is 0 Å². The lowest BCUT2D eigenvalue weighted by atomic mass is 9.93. The molecule has 0 radical (unpaired) electrons. The summed E-state index contributed by atoms with van der Waals surface area (Å²) >= 11 is 0. The van der Waals surface area contributed by atoms with Gasteiger partial charge in [0, 0.05) is 11.6 Å².